The van der Waals surface area contributed by atoms with Crippen molar-refractivity contribution in [1.29, 1.82) is 0 Å². The zero-order valence-electron chi connectivity index (χ0n) is 21.3. The van der Waals surface area contributed by atoms with Crippen LogP contribution in [0.2, 0.25) is 0 Å². The SMILES string of the molecule is COc1cccc(CN(Cc2cccc(-n3cccn3)c2)c2ccc(CN3CCN(C)CC3)cc2)c1. The maximum absolute atomic E-state index is 5.48. The summed E-state index contributed by atoms with van der Waals surface area (Å²) >= 11 is 0. The van der Waals surface area contributed by atoms with Crippen molar-refractivity contribution in [3.8, 4) is 11.4 Å². The minimum atomic E-state index is 0.793. The Morgan fingerprint density at radius 2 is 1.53 bits per heavy atom. The van der Waals surface area contributed by atoms with Crippen LogP contribution in [0, 0.1) is 0 Å². The molecule has 6 heteroatoms. The van der Waals surface area contributed by atoms with Crippen molar-refractivity contribution >= 4 is 5.69 Å². The maximum Gasteiger partial charge on any atom is 0.119 e. The van der Waals surface area contributed by atoms with Crippen LogP contribution >= 0.6 is 0 Å². The number of nitrogens with zero attached hydrogens (tertiary/aromatic N) is 5. The lowest BCUT2D eigenvalue weighted by molar-refractivity contribution is 0.148. The predicted molar refractivity (Wildman–Crippen MR) is 146 cm³/mol. The van der Waals surface area contributed by atoms with E-state index in [1.807, 2.05) is 29.2 Å². The van der Waals surface area contributed by atoms with E-state index in [4.69, 9.17) is 4.74 Å². The topological polar surface area (TPSA) is 36.8 Å². The molecular formula is C30H35N5O. The van der Waals surface area contributed by atoms with Gasteiger partial charge in [-0.25, -0.2) is 4.68 Å². The van der Waals surface area contributed by atoms with Crippen LogP contribution in [0.3, 0.4) is 0 Å². The molecule has 1 saturated heterocycles. The first kappa shape index (κ1) is 24.1. The van der Waals surface area contributed by atoms with E-state index in [-0.39, 0.29) is 0 Å². The van der Waals surface area contributed by atoms with Crippen molar-refractivity contribution in [2.45, 2.75) is 19.6 Å². The normalized spacial score (nSPS) is 14.6. The molecular weight excluding hydrogens is 446 g/mol. The highest BCUT2D eigenvalue weighted by Crippen LogP contribution is 2.24. The first-order valence-electron chi connectivity index (χ1n) is 12.6. The summed E-state index contributed by atoms with van der Waals surface area (Å²) < 4.78 is 7.38. The van der Waals surface area contributed by atoms with Gasteiger partial charge in [-0.15, -0.1) is 0 Å². The molecule has 6 nitrogen and oxygen atoms in total. The number of aromatic nitrogens is 2. The van der Waals surface area contributed by atoms with Gasteiger partial charge in [-0.2, -0.15) is 5.10 Å². The third-order valence-electron chi connectivity index (χ3n) is 6.86. The molecule has 186 valence electrons. The Morgan fingerprint density at radius 3 is 2.22 bits per heavy atom. The quantitative estimate of drug-likeness (QED) is 0.342. The molecule has 36 heavy (non-hydrogen) atoms. The van der Waals surface area contributed by atoms with E-state index in [2.05, 4.69) is 93.6 Å². The minimum absolute atomic E-state index is 0.793. The van der Waals surface area contributed by atoms with E-state index in [0.717, 1.165) is 57.3 Å². The third-order valence-corrected chi connectivity index (χ3v) is 6.86. The second-order valence-corrected chi connectivity index (χ2v) is 9.57. The van der Waals surface area contributed by atoms with Crippen LogP contribution in [0.1, 0.15) is 16.7 Å². The van der Waals surface area contributed by atoms with Crippen LogP contribution in [0.25, 0.3) is 5.69 Å². The second kappa shape index (κ2) is 11.4. The van der Waals surface area contributed by atoms with Crippen LogP contribution in [0.15, 0.2) is 91.3 Å². The highest BCUT2D eigenvalue weighted by molar-refractivity contribution is 5.50. The summed E-state index contributed by atoms with van der Waals surface area (Å²) in [6.07, 6.45) is 3.79. The lowest BCUT2D eigenvalue weighted by atomic mass is 10.1. The molecule has 4 aromatic rings. The predicted octanol–water partition coefficient (Wildman–Crippen LogP) is 4.84. The van der Waals surface area contributed by atoms with E-state index in [1.54, 1.807) is 7.11 Å². The van der Waals surface area contributed by atoms with Gasteiger partial charge in [0.15, 0.2) is 0 Å². The number of anilines is 1. The lowest BCUT2D eigenvalue weighted by Gasteiger charge is -2.32. The Balaban J connectivity index is 1.36. The molecule has 1 fully saturated rings. The summed E-state index contributed by atoms with van der Waals surface area (Å²) in [5, 5.41) is 4.40. The van der Waals surface area contributed by atoms with Crippen molar-refractivity contribution in [2.24, 2.45) is 0 Å². The van der Waals surface area contributed by atoms with Gasteiger partial charge in [-0.1, -0.05) is 36.4 Å². The number of rotatable bonds is 9. The zero-order chi connectivity index (χ0) is 24.7. The van der Waals surface area contributed by atoms with Crippen LogP contribution in [0.5, 0.6) is 5.75 Å². The van der Waals surface area contributed by atoms with Crippen molar-refractivity contribution in [1.82, 2.24) is 19.6 Å². The first-order valence-corrected chi connectivity index (χ1v) is 12.6. The molecule has 0 aliphatic carbocycles. The number of benzene rings is 3. The van der Waals surface area contributed by atoms with Crippen LogP contribution in [0.4, 0.5) is 5.69 Å². The molecule has 0 radical (unpaired) electrons. The number of piperazine rings is 1. The van der Waals surface area contributed by atoms with Crippen molar-refractivity contribution in [2.75, 3.05) is 45.2 Å². The van der Waals surface area contributed by atoms with Gasteiger partial charge in [-0.05, 0) is 66.2 Å². The number of likely N-dealkylation sites (N-methyl/N-ethyl adjacent to an activating group) is 1. The molecule has 0 atom stereocenters. The van der Waals surface area contributed by atoms with Crippen LogP contribution < -0.4 is 9.64 Å². The summed E-state index contributed by atoms with van der Waals surface area (Å²) in [6, 6.07) is 28.0. The Morgan fingerprint density at radius 1 is 0.806 bits per heavy atom. The molecule has 0 N–H and O–H groups in total. The fourth-order valence-electron chi connectivity index (χ4n) is 4.75. The first-order chi connectivity index (χ1) is 17.7. The van der Waals surface area contributed by atoms with E-state index in [0.29, 0.717) is 0 Å². The van der Waals surface area contributed by atoms with Gasteiger partial charge in [0.1, 0.15) is 5.75 Å². The van der Waals surface area contributed by atoms with Crippen molar-refractivity contribution in [3.63, 3.8) is 0 Å². The molecule has 0 amide bonds. The monoisotopic (exact) mass is 481 g/mol. The van der Waals surface area contributed by atoms with E-state index in [9.17, 15) is 0 Å². The second-order valence-electron chi connectivity index (χ2n) is 9.57. The van der Waals surface area contributed by atoms with E-state index < -0.39 is 0 Å². The number of hydrogen-bond acceptors (Lipinski definition) is 5. The molecule has 2 heterocycles. The van der Waals surface area contributed by atoms with Gasteiger partial charge < -0.3 is 14.5 Å². The Labute approximate surface area is 214 Å². The van der Waals surface area contributed by atoms with Gasteiger partial charge in [0, 0.05) is 63.9 Å². The Hall–Kier alpha value is -3.61. The fourth-order valence-corrected chi connectivity index (χ4v) is 4.75. The van der Waals surface area contributed by atoms with Crippen LogP contribution in [-0.4, -0.2) is 59.9 Å². The van der Waals surface area contributed by atoms with Crippen LogP contribution in [-0.2, 0) is 19.6 Å². The van der Waals surface area contributed by atoms with Crippen molar-refractivity contribution in [3.05, 3.63) is 108 Å². The summed E-state index contributed by atoms with van der Waals surface area (Å²) in [5.74, 6) is 0.885. The fraction of sp³-hybridized carbons (Fsp3) is 0.300. The van der Waals surface area contributed by atoms with Gasteiger partial charge >= 0.3 is 0 Å². The highest BCUT2D eigenvalue weighted by atomic mass is 16.5. The van der Waals surface area contributed by atoms with E-state index >= 15 is 0 Å². The zero-order valence-corrected chi connectivity index (χ0v) is 21.3. The van der Waals surface area contributed by atoms with E-state index in [1.165, 1.54) is 22.4 Å². The summed E-state index contributed by atoms with van der Waals surface area (Å²) in [4.78, 5) is 7.37. The Bertz CT molecular complexity index is 1230. The largest absolute Gasteiger partial charge is 0.497 e. The maximum atomic E-state index is 5.48. The molecule has 1 aliphatic heterocycles. The molecule has 5 rings (SSSR count). The molecule has 3 aromatic carbocycles. The third kappa shape index (κ3) is 6.14. The number of hydrogen-bond donors (Lipinski definition) is 0. The summed E-state index contributed by atoms with van der Waals surface area (Å²) in [5.41, 5.74) is 6.11. The molecule has 0 spiro atoms. The minimum Gasteiger partial charge on any atom is -0.497 e. The summed E-state index contributed by atoms with van der Waals surface area (Å²) in [7, 11) is 3.92. The average molecular weight is 482 g/mol. The van der Waals surface area contributed by atoms with Gasteiger partial charge in [-0.3, -0.25) is 4.90 Å². The van der Waals surface area contributed by atoms with Gasteiger partial charge in [0.2, 0.25) is 0 Å². The number of methoxy groups -OCH3 is 1. The number of ether oxygens (including phenoxy) is 1. The van der Waals surface area contributed by atoms with Gasteiger partial charge in [0.05, 0.1) is 12.8 Å². The Kier molecular flexibility index (Phi) is 7.64. The smallest absolute Gasteiger partial charge is 0.119 e. The highest BCUT2D eigenvalue weighted by Gasteiger charge is 2.15. The van der Waals surface area contributed by atoms with Gasteiger partial charge in [0.25, 0.3) is 0 Å². The average Bonchev–Trinajstić information content (AvgIpc) is 3.46. The molecule has 0 saturated carbocycles. The lowest BCUT2D eigenvalue weighted by Crippen LogP contribution is -2.43. The molecule has 1 aromatic heterocycles. The summed E-state index contributed by atoms with van der Waals surface area (Å²) in [6.45, 7) is 7.15. The molecule has 0 unspecified atom stereocenters. The molecule has 0 bridgehead atoms. The standard InChI is InChI=1S/C30H35N5O/c1-32-16-18-33(19-17-32)22-25-10-12-28(13-11-25)34(24-27-7-4-9-30(21-27)36-2)23-26-6-3-8-29(20-26)35-15-5-14-31-35/h3-15,20-21H,16-19,22-24H2,1-2H3. The van der Waals surface area contributed by atoms with Crippen molar-refractivity contribution < 1.29 is 4.74 Å². The molecule has 1 aliphatic rings.